The number of methoxy groups -OCH3 is 1. The van der Waals surface area contributed by atoms with Crippen LogP contribution in [0.25, 0.3) is 0 Å². The third kappa shape index (κ3) is 6.58. The van der Waals surface area contributed by atoms with Gasteiger partial charge in [-0.1, -0.05) is 12.1 Å². The lowest BCUT2D eigenvalue weighted by atomic mass is 10.1. The lowest BCUT2D eigenvalue weighted by Crippen LogP contribution is -2.39. The lowest BCUT2D eigenvalue weighted by molar-refractivity contribution is -0.124. The minimum Gasteiger partial charge on any atom is -0.497 e. The van der Waals surface area contributed by atoms with Crippen molar-refractivity contribution in [3.05, 3.63) is 89.7 Å². The molecule has 1 aliphatic rings. The van der Waals surface area contributed by atoms with Crippen LogP contribution in [0.2, 0.25) is 0 Å². The van der Waals surface area contributed by atoms with Crippen LogP contribution < -0.4 is 15.0 Å². The fraction of sp³-hybridized carbons (Fsp3) is 0.241. The summed E-state index contributed by atoms with van der Waals surface area (Å²) in [6, 6.07) is 18.5. The molecular weight excluding hydrogens is 521 g/mol. The van der Waals surface area contributed by atoms with Crippen LogP contribution in [0.5, 0.6) is 5.75 Å². The van der Waals surface area contributed by atoms with Crippen molar-refractivity contribution in [3.63, 3.8) is 0 Å². The number of ether oxygens (including phenoxy) is 2. The fourth-order valence-corrected chi connectivity index (χ4v) is 4.66. The Kier molecular flexibility index (Phi) is 8.88. The summed E-state index contributed by atoms with van der Waals surface area (Å²) in [5.41, 5.74) is 2.29. The molecule has 0 aromatic heterocycles. The van der Waals surface area contributed by atoms with E-state index in [2.05, 4.69) is 5.32 Å². The summed E-state index contributed by atoms with van der Waals surface area (Å²) in [7, 11) is 1.55. The van der Waals surface area contributed by atoms with Gasteiger partial charge >= 0.3 is 5.97 Å². The molecule has 1 N–H and O–H groups in total. The molecule has 4 rings (SSSR count). The predicted octanol–water partition coefficient (Wildman–Crippen LogP) is 4.58. The average molecular weight is 550 g/mol. The minimum absolute atomic E-state index is 0.144. The Hall–Kier alpha value is -4.31. The molecule has 1 saturated heterocycles. The first-order chi connectivity index (χ1) is 18.8. The number of thiocarbonyl (C=S) groups is 1. The summed E-state index contributed by atoms with van der Waals surface area (Å²) in [6.45, 7) is 2.34. The van der Waals surface area contributed by atoms with Gasteiger partial charge in [0.05, 0.1) is 31.4 Å². The molecule has 1 atom stereocenters. The quantitative estimate of drug-likeness (QED) is 0.293. The molecule has 0 radical (unpaired) electrons. The van der Waals surface area contributed by atoms with Crippen molar-refractivity contribution in [3.8, 4) is 5.75 Å². The molecule has 0 saturated carbocycles. The van der Waals surface area contributed by atoms with E-state index in [9.17, 15) is 18.8 Å². The standard InChI is InChI=1S/C29H28FN3O5S/c1-3-38-28(36)20-6-10-22(11-7-20)31-26(34)18-25-27(35)33(23-12-14-24(37-2)15-13-23)29(39)32(25)17-16-19-4-8-21(30)9-5-19/h4-15,25H,3,16-18H2,1-2H3,(H,31,34)/t25-/m1/s1. The minimum atomic E-state index is -0.834. The van der Waals surface area contributed by atoms with Gasteiger partial charge in [0, 0.05) is 12.2 Å². The molecule has 1 fully saturated rings. The molecule has 2 amide bonds. The zero-order valence-electron chi connectivity index (χ0n) is 21.6. The molecule has 1 aliphatic heterocycles. The van der Waals surface area contributed by atoms with Gasteiger partial charge in [0.15, 0.2) is 5.11 Å². The predicted molar refractivity (Wildman–Crippen MR) is 149 cm³/mol. The van der Waals surface area contributed by atoms with Crippen molar-refractivity contribution < 1.29 is 28.2 Å². The Balaban J connectivity index is 1.51. The molecule has 0 bridgehead atoms. The molecule has 8 nitrogen and oxygen atoms in total. The Morgan fingerprint density at radius 1 is 1.00 bits per heavy atom. The smallest absolute Gasteiger partial charge is 0.338 e. The lowest BCUT2D eigenvalue weighted by Gasteiger charge is -2.24. The fourth-order valence-electron chi connectivity index (χ4n) is 4.25. The normalized spacial score (nSPS) is 14.9. The topological polar surface area (TPSA) is 88.2 Å². The number of hydrogen-bond acceptors (Lipinski definition) is 6. The third-order valence-corrected chi connectivity index (χ3v) is 6.68. The van der Waals surface area contributed by atoms with E-state index in [-0.39, 0.29) is 35.8 Å². The van der Waals surface area contributed by atoms with Crippen molar-refractivity contribution in [2.24, 2.45) is 0 Å². The second-order valence-electron chi connectivity index (χ2n) is 8.79. The Morgan fingerprint density at radius 2 is 1.67 bits per heavy atom. The number of benzene rings is 3. The van der Waals surface area contributed by atoms with Gasteiger partial charge in [-0.2, -0.15) is 0 Å². The molecule has 39 heavy (non-hydrogen) atoms. The highest BCUT2D eigenvalue weighted by molar-refractivity contribution is 7.80. The number of carbonyl (C=O) groups is 3. The number of esters is 1. The van der Waals surface area contributed by atoms with Crippen LogP contribution in [0.1, 0.15) is 29.3 Å². The van der Waals surface area contributed by atoms with Gasteiger partial charge in [-0.05, 0) is 91.8 Å². The number of rotatable bonds is 10. The highest BCUT2D eigenvalue weighted by atomic mass is 32.1. The van der Waals surface area contributed by atoms with E-state index in [4.69, 9.17) is 21.7 Å². The molecule has 0 spiro atoms. The number of carbonyl (C=O) groups excluding carboxylic acids is 3. The van der Waals surface area contributed by atoms with Gasteiger partial charge in [-0.3, -0.25) is 14.5 Å². The molecular formula is C29H28FN3O5S. The highest BCUT2D eigenvalue weighted by Crippen LogP contribution is 2.29. The average Bonchev–Trinajstić information content (AvgIpc) is 3.17. The summed E-state index contributed by atoms with van der Waals surface area (Å²) in [4.78, 5) is 41.6. The van der Waals surface area contributed by atoms with Crippen LogP contribution in [-0.4, -0.2) is 54.1 Å². The maximum Gasteiger partial charge on any atom is 0.338 e. The van der Waals surface area contributed by atoms with Crippen molar-refractivity contribution in [1.29, 1.82) is 0 Å². The van der Waals surface area contributed by atoms with Gasteiger partial charge in [-0.15, -0.1) is 0 Å². The Labute approximate surface area is 231 Å². The number of anilines is 2. The van der Waals surface area contributed by atoms with Crippen molar-refractivity contribution >= 4 is 46.5 Å². The van der Waals surface area contributed by atoms with Crippen LogP contribution in [0.3, 0.4) is 0 Å². The van der Waals surface area contributed by atoms with E-state index < -0.39 is 12.0 Å². The van der Waals surface area contributed by atoms with Crippen molar-refractivity contribution in [2.75, 3.05) is 30.5 Å². The van der Waals surface area contributed by atoms with E-state index in [1.807, 2.05) is 0 Å². The maximum atomic E-state index is 13.6. The van der Waals surface area contributed by atoms with Gasteiger partial charge in [0.25, 0.3) is 5.91 Å². The van der Waals surface area contributed by atoms with Gasteiger partial charge in [0.2, 0.25) is 5.91 Å². The van der Waals surface area contributed by atoms with E-state index in [0.29, 0.717) is 35.7 Å². The second kappa shape index (κ2) is 12.5. The first-order valence-corrected chi connectivity index (χ1v) is 12.8. The second-order valence-corrected chi connectivity index (χ2v) is 9.16. The molecule has 1 heterocycles. The molecule has 202 valence electrons. The van der Waals surface area contributed by atoms with Crippen LogP contribution in [0, 0.1) is 5.82 Å². The van der Waals surface area contributed by atoms with E-state index in [1.54, 1.807) is 79.6 Å². The van der Waals surface area contributed by atoms with Gasteiger partial charge in [0.1, 0.15) is 17.6 Å². The molecule has 3 aromatic carbocycles. The monoisotopic (exact) mass is 549 g/mol. The zero-order chi connectivity index (χ0) is 27.9. The number of amides is 2. The van der Waals surface area contributed by atoms with E-state index in [0.717, 1.165) is 5.56 Å². The first kappa shape index (κ1) is 27.7. The summed E-state index contributed by atoms with van der Waals surface area (Å²) in [6.07, 6.45) is 0.353. The molecule has 10 heteroatoms. The number of nitrogens with one attached hydrogen (secondary N) is 1. The molecule has 3 aromatic rings. The number of hydrogen-bond donors (Lipinski definition) is 1. The van der Waals surface area contributed by atoms with E-state index in [1.165, 1.54) is 17.0 Å². The summed E-state index contributed by atoms with van der Waals surface area (Å²) in [5, 5.41) is 3.06. The number of halogens is 1. The number of nitrogens with zero attached hydrogens (tertiary/aromatic N) is 2. The van der Waals surface area contributed by atoms with Crippen molar-refractivity contribution in [2.45, 2.75) is 25.8 Å². The zero-order valence-corrected chi connectivity index (χ0v) is 22.4. The molecule has 0 aliphatic carbocycles. The molecule has 0 unspecified atom stereocenters. The first-order valence-electron chi connectivity index (χ1n) is 12.4. The van der Waals surface area contributed by atoms with Gasteiger partial charge in [-0.25, -0.2) is 9.18 Å². The van der Waals surface area contributed by atoms with Crippen LogP contribution in [0.4, 0.5) is 15.8 Å². The highest BCUT2D eigenvalue weighted by Gasteiger charge is 2.43. The summed E-state index contributed by atoms with van der Waals surface area (Å²) >= 11 is 5.70. The largest absolute Gasteiger partial charge is 0.497 e. The van der Waals surface area contributed by atoms with Crippen LogP contribution in [0.15, 0.2) is 72.8 Å². The Morgan fingerprint density at radius 3 is 2.28 bits per heavy atom. The van der Waals surface area contributed by atoms with Crippen LogP contribution >= 0.6 is 12.2 Å². The SMILES string of the molecule is CCOC(=O)c1ccc(NC(=O)C[C@@H]2C(=O)N(c3ccc(OC)cc3)C(=S)N2CCc2ccc(F)cc2)cc1. The third-order valence-electron chi connectivity index (χ3n) is 6.26. The summed E-state index contributed by atoms with van der Waals surface area (Å²) in [5.74, 6) is -0.855. The van der Waals surface area contributed by atoms with Crippen molar-refractivity contribution in [1.82, 2.24) is 4.90 Å². The van der Waals surface area contributed by atoms with E-state index >= 15 is 0 Å². The maximum absolute atomic E-state index is 13.6. The Bertz CT molecular complexity index is 1350. The van der Waals surface area contributed by atoms with Gasteiger partial charge < -0.3 is 19.7 Å². The van der Waals surface area contributed by atoms with Crippen LogP contribution in [-0.2, 0) is 20.7 Å². The summed E-state index contributed by atoms with van der Waals surface area (Å²) < 4.78 is 23.5.